The topological polar surface area (TPSA) is 98.7 Å². The van der Waals surface area contributed by atoms with Gasteiger partial charge in [0.15, 0.2) is 0 Å². The fraction of sp³-hybridized carbons (Fsp3) is 0.125. The number of hydrogen-bond donors (Lipinski definition) is 2. The Balaban J connectivity index is 1.84. The van der Waals surface area contributed by atoms with E-state index in [1.54, 1.807) is 19.2 Å². The lowest BCUT2D eigenvalue weighted by atomic mass is 10.1. The molecule has 0 bridgehead atoms. The number of hydrogen-bond acceptors (Lipinski definition) is 6. The van der Waals surface area contributed by atoms with Gasteiger partial charge in [-0.25, -0.2) is 4.68 Å². The number of amides is 1. The number of anilines is 2. The normalized spacial score (nSPS) is 11.4. The number of nitrogen functional groups attached to an aromatic ring is 1. The SMILES string of the molecule is Cn1nnnc1Sc1ccc(N)cc1C(=O)Nc1ccc(C(F)(F)F)cc1. The third-order valence-electron chi connectivity index (χ3n) is 3.50. The van der Waals surface area contributed by atoms with E-state index in [1.165, 1.54) is 22.9 Å². The maximum atomic E-state index is 12.6. The Hall–Kier alpha value is -3.08. The summed E-state index contributed by atoms with van der Waals surface area (Å²) in [5.41, 5.74) is 5.82. The first kappa shape index (κ1) is 18.7. The van der Waals surface area contributed by atoms with Gasteiger partial charge in [0.1, 0.15) is 0 Å². The standard InChI is InChI=1S/C16H13F3N6OS/c1-25-15(22-23-24-25)27-13-7-4-10(20)8-12(13)14(26)21-11-5-2-9(3-6-11)16(17,18)19/h2-8H,20H2,1H3,(H,21,26). The average molecular weight is 394 g/mol. The first-order chi connectivity index (χ1) is 12.7. The van der Waals surface area contributed by atoms with E-state index in [2.05, 4.69) is 20.8 Å². The molecule has 3 N–H and O–H groups in total. The number of benzene rings is 2. The van der Waals surface area contributed by atoms with Gasteiger partial charge in [0.2, 0.25) is 5.16 Å². The van der Waals surface area contributed by atoms with E-state index in [9.17, 15) is 18.0 Å². The lowest BCUT2D eigenvalue weighted by molar-refractivity contribution is -0.137. The van der Waals surface area contributed by atoms with Crippen molar-refractivity contribution in [1.82, 2.24) is 20.2 Å². The third-order valence-corrected chi connectivity index (χ3v) is 4.61. The predicted molar refractivity (Wildman–Crippen MR) is 93.2 cm³/mol. The van der Waals surface area contributed by atoms with Crippen molar-refractivity contribution in [1.29, 1.82) is 0 Å². The minimum atomic E-state index is -4.44. The molecule has 0 atom stereocenters. The van der Waals surface area contributed by atoms with Crippen LogP contribution in [0.25, 0.3) is 0 Å². The highest BCUT2D eigenvalue weighted by Gasteiger charge is 2.30. The number of rotatable bonds is 4. The minimum absolute atomic E-state index is 0.228. The molecule has 1 amide bonds. The second kappa shape index (κ2) is 7.27. The van der Waals surface area contributed by atoms with Crippen molar-refractivity contribution in [3.63, 3.8) is 0 Å². The van der Waals surface area contributed by atoms with Gasteiger partial charge in [-0.3, -0.25) is 4.79 Å². The van der Waals surface area contributed by atoms with Gasteiger partial charge in [-0.2, -0.15) is 13.2 Å². The van der Waals surface area contributed by atoms with Crippen molar-refractivity contribution < 1.29 is 18.0 Å². The Morgan fingerprint density at radius 3 is 2.48 bits per heavy atom. The summed E-state index contributed by atoms with van der Waals surface area (Å²) < 4.78 is 39.3. The van der Waals surface area contributed by atoms with E-state index in [0.717, 1.165) is 23.9 Å². The first-order valence-electron chi connectivity index (χ1n) is 7.52. The fourth-order valence-electron chi connectivity index (χ4n) is 2.16. The lowest BCUT2D eigenvalue weighted by Gasteiger charge is -2.11. The molecule has 0 unspecified atom stereocenters. The maximum Gasteiger partial charge on any atom is 0.416 e. The molecule has 1 heterocycles. The van der Waals surface area contributed by atoms with Crippen molar-refractivity contribution in [3.8, 4) is 0 Å². The number of aryl methyl sites for hydroxylation is 1. The molecule has 0 saturated carbocycles. The van der Waals surface area contributed by atoms with Gasteiger partial charge in [0.05, 0.1) is 11.1 Å². The number of nitrogens with one attached hydrogen (secondary N) is 1. The summed E-state index contributed by atoms with van der Waals surface area (Å²) in [5, 5.41) is 14.1. The Labute approximate surface area is 155 Å². The van der Waals surface area contributed by atoms with Gasteiger partial charge in [-0.15, -0.1) is 5.10 Å². The summed E-state index contributed by atoms with van der Waals surface area (Å²) in [6.07, 6.45) is -4.44. The second-order valence-electron chi connectivity index (χ2n) is 5.47. The predicted octanol–water partition coefficient (Wildman–Crippen LogP) is 3.21. The number of nitrogens with two attached hydrogens (primary N) is 1. The summed E-state index contributed by atoms with van der Waals surface area (Å²) in [6.45, 7) is 0. The molecule has 0 radical (unpaired) electrons. The van der Waals surface area contributed by atoms with E-state index in [4.69, 9.17) is 5.73 Å². The minimum Gasteiger partial charge on any atom is -0.399 e. The molecule has 0 aliphatic rings. The molecule has 7 nitrogen and oxygen atoms in total. The fourth-order valence-corrected chi connectivity index (χ4v) is 3.00. The molecular weight excluding hydrogens is 381 g/mol. The summed E-state index contributed by atoms with van der Waals surface area (Å²) in [6, 6.07) is 8.92. The Kier molecular flexibility index (Phi) is 5.04. The van der Waals surface area contributed by atoms with Crippen LogP contribution in [0.3, 0.4) is 0 Å². The maximum absolute atomic E-state index is 12.6. The van der Waals surface area contributed by atoms with Crippen molar-refractivity contribution in [2.45, 2.75) is 16.2 Å². The number of tetrazole rings is 1. The number of carbonyl (C=O) groups is 1. The molecule has 0 aliphatic carbocycles. The lowest BCUT2D eigenvalue weighted by Crippen LogP contribution is -2.14. The van der Waals surface area contributed by atoms with Crippen LogP contribution in [-0.2, 0) is 13.2 Å². The van der Waals surface area contributed by atoms with Gasteiger partial charge < -0.3 is 11.1 Å². The quantitative estimate of drug-likeness (QED) is 0.660. The molecule has 11 heteroatoms. The van der Waals surface area contributed by atoms with Crippen molar-refractivity contribution >= 4 is 29.0 Å². The molecule has 140 valence electrons. The van der Waals surface area contributed by atoms with Crippen molar-refractivity contribution in [2.75, 3.05) is 11.1 Å². The summed E-state index contributed by atoms with van der Waals surface area (Å²) >= 11 is 1.16. The van der Waals surface area contributed by atoms with Crippen LogP contribution in [0.1, 0.15) is 15.9 Å². The number of carbonyl (C=O) groups excluding carboxylic acids is 1. The highest BCUT2D eigenvalue weighted by Crippen LogP contribution is 2.32. The summed E-state index contributed by atoms with van der Waals surface area (Å²) in [7, 11) is 1.65. The molecule has 1 aromatic heterocycles. The van der Waals surface area contributed by atoms with E-state index in [-0.39, 0.29) is 11.3 Å². The Morgan fingerprint density at radius 2 is 1.89 bits per heavy atom. The summed E-state index contributed by atoms with van der Waals surface area (Å²) in [5.74, 6) is -0.514. The molecule has 0 spiro atoms. The van der Waals surface area contributed by atoms with Gasteiger partial charge in [0, 0.05) is 23.3 Å². The van der Waals surface area contributed by atoms with Crippen LogP contribution in [-0.4, -0.2) is 26.1 Å². The smallest absolute Gasteiger partial charge is 0.399 e. The van der Waals surface area contributed by atoms with Crippen molar-refractivity contribution in [2.24, 2.45) is 7.05 Å². The third kappa shape index (κ3) is 4.37. The number of halogens is 3. The Bertz CT molecular complexity index is 971. The van der Waals surface area contributed by atoms with E-state index in [0.29, 0.717) is 15.7 Å². The average Bonchev–Trinajstić information content (AvgIpc) is 3.01. The zero-order chi connectivity index (χ0) is 19.6. The number of alkyl halides is 3. The molecule has 3 aromatic rings. The van der Waals surface area contributed by atoms with Gasteiger partial charge in [-0.05, 0) is 64.7 Å². The van der Waals surface area contributed by atoms with E-state index >= 15 is 0 Å². The molecule has 0 aliphatic heterocycles. The number of aromatic nitrogens is 4. The van der Waals surface area contributed by atoms with E-state index in [1.807, 2.05) is 0 Å². The van der Waals surface area contributed by atoms with Gasteiger partial charge in [0.25, 0.3) is 5.91 Å². The largest absolute Gasteiger partial charge is 0.416 e. The van der Waals surface area contributed by atoms with Crippen LogP contribution >= 0.6 is 11.8 Å². The molecule has 0 saturated heterocycles. The highest BCUT2D eigenvalue weighted by atomic mass is 32.2. The van der Waals surface area contributed by atoms with Gasteiger partial charge >= 0.3 is 6.18 Å². The molecule has 2 aromatic carbocycles. The summed E-state index contributed by atoms with van der Waals surface area (Å²) in [4.78, 5) is 13.2. The van der Waals surface area contributed by atoms with Crippen LogP contribution in [0.2, 0.25) is 0 Å². The molecule has 3 rings (SSSR count). The van der Waals surface area contributed by atoms with Crippen LogP contribution in [0.15, 0.2) is 52.5 Å². The van der Waals surface area contributed by atoms with E-state index < -0.39 is 17.6 Å². The van der Waals surface area contributed by atoms with Crippen LogP contribution in [0, 0.1) is 0 Å². The molecule has 27 heavy (non-hydrogen) atoms. The molecular formula is C16H13F3N6OS. The van der Waals surface area contributed by atoms with Crippen molar-refractivity contribution in [3.05, 3.63) is 53.6 Å². The number of nitrogens with zero attached hydrogens (tertiary/aromatic N) is 4. The van der Waals surface area contributed by atoms with Crippen LogP contribution < -0.4 is 11.1 Å². The van der Waals surface area contributed by atoms with Crippen LogP contribution in [0.4, 0.5) is 24.5 Å². The van der Waals surface area contributed by atoms with Gasteiger partial charge in [-0.1, -0.05) is 0 Å². The molecule has 0 fully saturated rings. The Morgan fingerprint density at radius 1 is 1.19 bits per heavy atom. The zero-order valence-corrected chi connectivity index (χ0v) is 14.7. The highest BCUT2D eigenvalue weighted by molar-refractivity contribution is 7.99. The second-order valence-corrected chi connectivity index (χ2v) is 6.48. The van der Waals surface area contributed by atoms with Crippen LogP contribution in [0.5, 0.6) is 0 Å². The monoisotopic (exact) mass is 394 g/mol. The zero-order valence-electron chi connectivity index (χ0n) is 13.9. The first-order valence-corrected chi connectivity index (χ1v) is 8.34.